The molecule has 2 N–H and O–H groups in total. The van der Waals surface area contributed by atoms with Gasteiger partial charge in [-0.2, -0.15) is 0 Å². The third-order valence-electron chi connectivity index (χ3n) is 4.79. The maximum absolute atomic E-state index is 12.5. The number of ether oxygens (including phenoxy) is 1. The van der Waals surface area contributed by atoms with Gasteiger partial charge in [-0.25, -0.2) is 22.9 Å². The van der Waals surface area contributed by atoms with Crippen LogP contribution in [0.4, 0.5) is 13.2 Å². The number of hydrogen-bond donors (Lipinski definition) is 2. The number of hydrogen-bond acceptors (Lipinski definition) is 6. The molecule has 0 aliphatic rings. The smallest absolute Gasteiger partial charge is 0.478 e. The average molecular weight is 515 g/mol. The Bertz CT molecular complexity index is 1260. The molecule has 0 bridgehead atoms. The molecule has 0 atom stereocenters. The van der Waals surface area contributed by atoms with Crippen molar-refractivity contribution in [3.63, 3.8) is 0 Å². The third-order valence-corrected chi connectivity index (χ3v) is 7.19. The number of rotatable bonds is 10. The first-order chi connectivity index (χ1) is 16.0. The average Bonchev–Trinajstić information content (AvgIpc) is 3.24. The molecule has 3 aromatic rings. The van der Waals surface area contributed by atoms with Gasteiger partial charge in [0.05, 0.1) is 16.2 Å². The van der Waals surface area contributed by atoms with Crippen molar-refractivity contribution >= 4 is 27.3 Å². The van der Waals surface area contributed by atoms with E-state index in [4.69, 9.17) is 0 Å². The molecule has 0 saturated heterocycles. The van der Waals surface area contributed by atoms with E-state index in [-0.39, 0.29) is 22.8 Å². The van der Waals surface area contributed by atoms with Gasteiger partial charge in [-0.15, -0.1) is 24.5 Å². The summed E-state index contributed by atoms with van der Waals surface area (Å²) in [4.78, 5) is 15.7. The van der Waals surface area contributed by atoms with E-state index in [9.17, 15) is 31.5 Å². The first-order valence-corrected chi connectivity index (χ1v) is 12.5. The van der Waals surface area contributed by atoms with Gasteiger partial charge in [0, 0.05) is 17.5 Å². The van der Waals surface area contributed by atoms with Crippen LogP contribution in [0.15, 0.2) is 52.7 Å². The van der Waals surface area contributed by atoms with Crippen LogP contribution in [0, 0.1) is 0 Å². The fourth-order valence-electron chi connectivity index (χ4n) is 3.14. The standard InChI is InChI=1S/C22H21F3N2O5S2/c1-2-14-7-10-18(12-19(14)21(28)29)34(30,31)26-11-3-4-16-13-33-20(27-16)15-5-8-17(9-6-15)32-22(23,24)25/h5-10,12-13,26H,2-4,11H2,1H3,(H,28,29). The summed E-state index contributed by atoms with van der Waals surface area (Å²) >= 11 is 1.32. The number of carboxylic acid groups (broad SMARTS) is 1. The van der Waals surface area contributed by atoms with Crippen LogP contribution in [-0.2, 0) is 22.9 Å². The molecule has 0 spiro atoms. The number of thiazole rings is 1. The molecule has 0 fully saturated rings. The van der Waals surface area contributed by atoms with Crippen molar-refractivity contribution in [1.82, 2.24) is 9.71 Å². The Balaban J connectivity index is 1.56. The Morgan fingerprint density at radius 2 is 1.88 bits per heavy atom. The molecule has 7 nitrogen and oxygen atoms in total. The summed E-state index contributed by atoms with van der Waals surface area (Å²) in [6.07, 6.45) is -3.37. The Morgan fingerprint density at radius 1 is 1.18 bits per heavy atom. The van der Waals surface area contributed by atoms with E-state index in [1.165, 1.54) is 47.7 Å². The molecule has 0 amide bonds. The fourth-order valence-corrected chi connectivity index (χ4v) is 5.10. The minimum Gasteiger partial charge on any atom is -0.478 e. The maximum atomic E-state index is 12.5. The van der Waals surface area contributed by atoms with E-state index in [1.807, 2.05) is 0 Å². The monoisotopic (exact) mass is 514 g/mol. The summed E-state index contributed by atoms with van der Waals surface area (Å²) in [5.41, 5.74) is 1.86. The number of aryl methyl sites for hydroxylation is 2. The number of sulfonamides is 1. The third kappa shape index (κ3) is 6.78. The number of nitrogens with zero attached hydrogens (tertiary/aromatic N) is 1. The van der Waals surface area contributed by atoms with Crippen molar-refractivity contribution in [2.24, 2.45) is 0 Å². The summed E-state index contributed by atoms with van der Waals surface area (Å²) in [5, 5.41) is 11.7. The van der Waals surface area contributed by atoms with Gasteiger partial charge in [-0.1, -0.05) is 13.0 Å². The van der Waals surface area contributed by atoms with E-state index in [0.717, 1.165) is 11.8 Å². The number of alkyl halides is 3. The number of nitrogens with one attached hydrogen (secondary N) is 1. The zero-order valence-corrected chi connectivity index (χ0v) is 19.6. The second-order valence-corrected chi connectivity index (χ2v) is 9.82. The van der Waals surface area contributed by atoms with Crippen LogP contribution in [0.3, 0.4) is 0 Å². The lowest BCUT2D eigenvalue weighted by molar-refractivity contribution is -0.274. The second kappa shape index (κ2) is 10.5. The van der Waals surface area contributed by atoms with Gasteiger partial charge in [0.1, 0.15) is 10.8 Å². The van der Waals surface area contributed by atoms with E-state index in [0.29, 0.717) is 35.4 Å². The number of aromatic carboxylic acids is 1. The van der Waals surface area contributed by atoms with Crippen LogP contribution in [0.1, 0.15) is 35.0 Å². The maximum Gasteiger partial charge on any atom is 0.573 e. The summed E-state index contributed by atoms with van der Waals surface area (Å²) in [6.45, 7) is 1.91. The van der Waals surface area contributed by atoms with Gasteiger partial charge in [-0.05, 0) is 61.2 Å². The van der Waals surface area contributed by atoms with E-state index in [1.54, 1.807) is 12.3 Å². The Labute approximate surface area is 198 Å². The number of aromatic nitrogens is 1. The normalized spacial score (nSPS) is 12.0. The lowest BCUT2D eigenvalue weighted by atomic mass is 10.1. The van der Waals surface area contributed by atoms with Gasteiger partial charge >= 0.3 is 12.3 Å². The molecule has 0 radical (unpaired) electrons. The lowest BCUT2D eigenvalue weighted by Crippen LogP contribution is -2.25. The minimum atomic E-state index is -4.76. The first-order valence-electron chi connectivity index (χ1n) is 10.1. The zero-order chi connectivity index (χ0) is 24.9. The SMILES string of the molecule is CCc1ccc(S(=O)(=O)NCCCc2csc(-c3ccc(OC(F)(F)F)cc3)n2)cc1C(=O)O. The molecule has 12 heteroatoms. The number of halogens is 3. The topological polar surface area (TPSA) is 106 Å². The van der Waals surface area contributed by atoms with E-state index in [2.05, 4.69) is 14.4 Å². The summed E-state index contributed by atoms with van der Waals surface area (Å²) in [5.74, 6) is -1.50. The van der Waals surface area contributed by atoms with Gasteiger partial charge in [0.25, 0.3) is 0 Å². The molecule has 2 aromatic carbocycles. The number of carbonyl (C=O) groups is 1. The van der Waals surface area contributed by atoms with Crippen LogP contribution in [0.2, 0.25) is 0 Å². The highest BCUT2D eigenvalue weighted by Gasteiger charge is 2.31. The molecule has 0 unspecified atom stereocenters. The predicted octanol–water partition coefficient (Wildman–Crippen LogP) is 4.88. The first kappa shape index (κ1) is 25.7. The number of benzene rings is 2. The largest absolute Gasteiger partial charge is 0.573 e. The quantitative estimate of drug-likeness (QED) is 0.374. The van der Waals surface area contributed by atoms with E-state index < -0.39 is 22.4 Å². The van der Waals surface area contributed by atoms with Crippen molar-refractivity contribution in [2.45, 2.75) is 37.4 Å². The van der Waals surface area contributed by atoms with Gasteiger partial charge in [0.15, 0.2) is 0 Å². The Morgan fingerprint density at radius 3 is 2.50 bits per heavy atom. The van der Waals surface area contributed by atoms with Gasteiger partial charge in [0.2, 0.25) is 10.0 Å². The van der Waals surface area contributed by atoms with Crippen molar-refractivity contribution < 1.29 is 36.2 Å². The fraction of sp³-hybridized carbons (Fsp3) is 0.273. The second-order valence-electron chi connectivity index (χ2n) is 7.20. The highest BCUT2D eigenvalue weighted by Crippen LogP contribution is 2.28. The van der Waals surface area contributed by atoms with Crippen LogP contribution in [-0.4, -0.2) is 37.4 Å². The molecule has 34 heavy (non-hydrogen) atoms. The van der Waals surface area contributed by atoms with Crippen molar-refractivity contribution in [3.8, 4) is 16.3 Å². The summed E-state index contributed by atoms with van der Waals surface area (Å²) in [6, 6.07) is 9.41. The van der Waals surface area contributed by atoms with Crippen LogP contribution in [0.25, 0.3) is 10.6 Å². The molecule has 0 aliphatic heterocycles. The molecular weight excluding hydrogens is 493 g/mol. The lowest BCUT2D eigenvalue weighted by Gasteiger charge is -2.09. The predicted molar refractivity (Wildman–Crippen MR) is 121 cm³/mol. The molecule has 3 rings (SSSR count). The van der Waals surface area contributed by atoms with Gasteiger partial charge < -0.3 is 9.84 Å². The van der Waals surface area contributed by atoms with Crippen molar-refractivity contribution in [2.75, 3.05) is 6.54 Å². The summed E-state index contributed by atoms with van der Waals surface area (Å²) < 4.78 is 68.2. The molecule has 0 aliphatic carbocycles. The molecule has 1 aromatic heterocycles. The molecule has 1 heterocycles. The number of carboxylic acids is 1. The summed E-state index contributed by atoms with van der Waals surface area (Å²) in [7, 11) is -3.87. The van der Waals surface area contributed by atoms with Crippen LogP contribution < -0.4 is 9.46 Å². The van der Waals surface area contributed by atoms with E-state index >= 15 is 0 Å². The van der Waals surface area contributed by atoms with Gasteiger partial charge in [-0.3, -0.25) is 0 Å². The highest BCUT2D eigenvalue weighted by atomic mass is 32.2. The minimum absolute atomic E-state index is 0.0432. The van der Waals surface area contributed by atoms with Crippen molar-refractivity contribution in [1.29, 1.82) is 0 Å². The van der Waals surface area contributed by atoms with Crippen molar-refractivity contribution in [3.05, 3.63) is 64.7 Å². The highest BCUT2D eigenvalue weighted by molar-refractivity contribution is 7.89. The molecule has 0 saturated carbocycles. The Kier molecular flexibility index (Phi) is 7.95. The Hall–Kier alpha value is -2.96. The van der Waals surface area contributed by atoms with Crippen LogP contribution >= 0.6 is 11.3 Å². The zero-order valence-electron chi connectivity index (χ0n) is 17.9. The molecule has 182 valence electrons. The van der Waals surface area contributed by atoms with Crippen LogP contribution in [0.5, 0.6) is 5.75 Å². The molecular formula is C22H21F3N2O5S2.